The first-order valence-electron chi connectivity index (χ1n) is 6.98. The molecule has 1 fully saturated rings. The average Bonchev–Trinajstić information content (AvgIpc) is 3.22. The van der Waals surface area contributed by atoms with E-state index >= 15 is 0 Å². The molecular formula is C14H21FN2O2S. The van der Waals surface area contributed by atoms with Gasteiger partial charge in [0.1, 0.15) is 5.82 Å². The van der Waals surface area contributed by atoms with Crippen LogP contribution in [0.15, 0.2) is 23.1 Å². The highest BCUT2D eigenvalue weighted by molar-refractivity contribution is 7.89. The number of hydrogen-bond donors (Lipinski definition) is 1. The molecular weight excluding hydrogens is 279 g/mol. The van der Waals surface area contributed by atoms with Crippen LogP contribution in [0.4, 0.5) is 4.39 Å². The van der Waals surface area contributed by atoms with E-state index in [1.165, 1.54) is 22.5 Å². The Kier molecular flexibility index (Phi) is 4.78. The quantitative estimate of drug-likeness (QED) is 0.838. The normalized spacial score (nSPS) is 15.8. The minimum Gasteiger partial charge on any atom is -0.326 e. The Bertz CT molecular complexity index is 571. The van der Waals surface area contributed by atoms with Crippen molar-refractivity contribution < 1.29 is 12.8 Å². The van der Waals surface area contributed by atoms with E-state index in [0.29, 0.717) is 19.0 Å². The van der Waals surface area contributed by atoms with Gasteiger partial charge in [-0.2, -0.15) is 4.31 Å². The number of hydrogen-bond acceptors (Lipinski definition) is 3. The number of halogens is 1. The molecule has 0 saturated heterocycles. The molecule has 2 rings (SSSR count). The third-order valence-corrected chi connectivity index (χ3v) is 5.48. The molecule has 1 aliphatic carbocycles. The number of nitrogens with two attached hydrogens (primary N) is 1. The zero-order chi connectivity index (χ0) is 14.8. The van der Waals surface area contributed by atoms with E-state index in [1.807, 2.05) is 6.92 Å². The van der Waals surface area contributed by atoms with Crippen molar-refractivity contribution in [2.75, 3.05) is 13.1 Å². The molecule has 112 valence electrons. The second-order valence-corrected chi connectivity index (χ2v) is 7.13. The fraction of sp³-hybridized carbons (Fsp3) is 0.571. The molecule has 0 atom stereocenters. The Balaban J connectivity index is 2.38. The van der Waals surface area contributed by atoms with E-state index in [-0.39, 0.29) is 17.0 Å². The summed E-state index contributed by atoms with van der Waals surface area (Å²) in [5, 5.41) is 0. The summed E-state index contributed by atoms with van der Waals surface area (Å²) in [5.41, 5.74) is 5.59. The highest BCUT2D eigenvalue weighted by Crippen LogP contribution is 2.32. The zero-order valence-corrected chi connectivity index (χ0v) is 12.5. The van der Waals surface area contributed by atoms with Crippen LogP contribution in [0.1, 0.15) is 31.7 Å². The van der Waals surface area contributed by atoms with Crippen molar-refractivity contribution in [2.45, 2.75) is 37.6 Å². The van der Waals surface area contributed by atoms with E-state index in [9.17, 15) is 12.8 Å². The van der Waals surface area contributed by atoms with Crippen LogP contribution in [-0.2, 0) is 16.6 Å². The first kappa shape index (κ1) is 15.4. The molecule has 0 amide bonds. The average molecular weight is 300 g/mol. The molecule has 0 radical (unpaired) electrons. The van der Waals surface area contributed by atoms with Crippen LogP contribution in [-0.4, -0.2) is 25.8 Å². The predicted octanol–water partition coefficient (Wildman–Crippen LogP) is 2.10. The standard InChI is InChI=1S/C14H21FN2O2S/c1-2-8-17(10-11-6-7-11)20(18,19)14-5-3-4-13(15)12(14)9-16/h3-5,11H,2,6-10,16H2,1H3. The summed E-state index contributed by atoms with van der Waals surface area (Å²) in [7, 11) is -3.67. The smallest absolute Gasteiger partial charge is 0.243 e. The van der Waals surface area contributed by atoms with Gasteiger partial charge in [-0.1, -0.05) is 13.0 Å². The summed E-state index contributed by atoms with van der Waals surface area (Å²) in [4.78, 5) is 0.00843. The third-order valence-electron chi connectivity index (χ3n) is 3.53. The molecule has 0 spiro atoms. The molecule has 6 heteroatoms. The lowest BCUT2D eigenvalue weighted by Gasteiger charge is -2.23. The molecule has 20 heavy (non-hydrogen) atoms. The lowest BCUT2D eigenvalue weighted by Crippen LogP contribution is -2.34. The summed E-state index contributed by atoms with van der Waals surface area (Å²) in [6.07, 6.45) is 2.88. The van der Waals surface area contributed by atoms with Crippen molar-refractivity contribution in [1.82, 2.24) is 4.31 Å². The monoisotopic (exact) mass is 300 g/mol. The van der Waals surface area contributed by atoms with Crippen molar-refractivity contribution >= 4 is 10.0 Å². The summed E-state index contributed by atoms with van der Waals surface area (Å²) in [6, 6.07) is 4.10. The van der Waals surface area contributed by atoms with Gasteiger partial charge in [0.25, 0.3) is 0 Å². The van der Waals surface area contributed by atoms with Crippen molar-refractivity contribution in [1.29, 1.82) is 0 Å². The maximum Gasteiger partial charge on any atom is 0.243 e. The minimum atomic E-state index is -3.67. The van der Waals surface area contributed by atoms with E-state index in [4.69, 9.17) is 5.73 Å². The van der Waals surface area contributed by atoms with Crippen molar-refractivity contribution in [3.05, 3.63) is 29.6 Å². The van der Waals surface area contributed by atoms with E-state index in [0.717, 1.165) is 19.3 Å². The van der Waals surface area contributed by atoms with Crippen LogP contribution in [0.3, 0.4) is 0 Å². The van der Waals surface area contributed by atoms with E-state index < -0.39 is 15.8 Å². The van der Waals surface area contributed by atoms with Crippen molar-refractivity contribution in [3.63, 3.8) is 0 Å². The lowest BCUT2D eigenvalue weighted by molar-refractivity contribution is 0.394. The summed E-state index contributed by atoms with van der Waals surface area (Å²) in [6.45, 7) is 2.80. The molecule has 0 aliphatic heterocycles. The third kappa shape index (κ3) is 3.19. The van der Waals surface area contributed by atoms with Gasteiger partial charge < -0.3 is 5.73 Å². The maximum absolute atomic E-state index is 13.7. The van der Waals surface area contributed by atoms with Crippen LogP contribution in [0.2, 0.25) is 0 Å². The molecule has 0 bridgehead atoms. The van der Waals surface area contributed by atoms with Crippen LogP contribution in [0.5, 0.6) is 0 Å². The Morgan fingerprint density at radius 3 is 2.65 bits per heavy atom. The Hall–Kier alpha value is -0.980. The Morgan fingerprint density at radius 2 is 2.10 bits per heavy atom. The highest BCUT2D eigenvalue weighted by atomic mass is 32.2. The minimum absolute atomic E-state index is 0.00843. The lowest BCUT2D eigenvalue weighted by atomic mass is 10.2. The molecule has 1 aromatic carbocycles. The van der Waals surface area contributed by atoms with Crippen LogP contribution in [0, 0.1) is 11.7 Å². The van der Waals surface area contributed by atoms with Crippen molar-refractivity contribution in [2.24, 2.45) is 11.7 Å². The van der Waals surface area contributed by atoms with Crippen LogP contribution in [0.25, 0.3) is 0 Å². The van der Waals surface area contributed by atoms with Gasteiger partial charge >= 0.3 is 0 Å². The molecule has 0 heterocycles. The molecule has 2 N–H and O–H groups in total. The van der Waals surface area contributed by atoms with Gasteiger partial charge in [0.2, 0.25) is 10.0 Å². The maximum atomic E-state index is 13.7. The van der Waals surface area contributed by atoms with Gasteiger partial charge in [-0.05, 0) is 37.3 Å². The summed E-state index contributed by atoms with van der Waals surface area (Å²) in [5.74, 6) is -0.109. The van der Waals surface area contributed by atoms with E-state index in [2.05, 4.69) is 0 Å². The number of nitrogens with zero attached hydrogens (tertiary/aromatic N) is 1. The van der Waals surface area contributed by atoms with Crippen LogP contribution >= 0.6 is 0 Å². The highest BCUT2D eigenvalue weighted by Gasteiger charge is 2.32. The second-order valence-electron chi connectivity index (χ2n) is 5.23. The Labute approximate surface area is 119 Å². The SMILES string of the molecule is CCCN(CC1CC1)S(=O)(=O)c1cccc(F)c1CN. The van der Waals surface area contributed by atoms with Gasteiger partial charge in [-0.25, -0.2) is 12.8 Å². The Morgan fingerprint density at radius 1 is 1.40 bits per heavy atom. The number of sulfonamides is 1. The molecule has 1 saturated carbocycles. The van der Waals surface area contributed by atoms with Gasteiger partial charge in [0.15, 0.2) is 0 Å². The predicted molar refractivity (Wildman–Crippen MR) is 76.1 cm³/mol. The topological polar surface area (TPSA) is 63.4 Å². The van der Waals surface area contributed by atoms with Crippen LogP contribution < -0.4 is 5.73 Å². The zero-order valence-electron chi connectivity index (χ0n) is 11.7. The number of benzene rings is 1. The second kappa shape index (κ2) is 6.20. The largest absolute Gasteiger partial charge is 0.326 e. The van der Waals surface area contributed by atoms with E-state index in [1.54, 1.807) is 0 Å². The molecule has 0 unspecified atom stereocenters. The van der Waals surface area contributed by atoms with Crippen molar-refractivity contribution in [3.8, 4) is 0 Å². The van der Waals surface area contributed by atoms with Gasteiger partial charge in [-0.15, -0.1) is 0 Å². The molecule has 1 aromatic rings. The first-order valence-corrected chi connectivity index (χ1v) is 8.42. The molecule has 4 nitrogen and oxygen atoms in total. The molecule has 1 aliphatic rings. The molecule has 0 aromatic heterocycles. The summed E-state index contributed by atoms with van der Waals surface area (Å²) >= 11 is 0. The van der Waals surface area contributed by atoms with Gasteiger partial charge in [-0.3, -0.25) is 0 Å². The number of rotatable bonds is 7. The fourth-order valence-electron chi connectivity index (χ4n) is 2.27. The summed E-state index contributed by atoms with van der Waals surface area (Å²) < 4.78 is 40.7. The van der Waals surface area contributed by atoms with Gasteiger partial charge in [0.05, 0.1) is 4.90 Å². The first-order chi connectivity index (χ1) is 9.50. The van der Waals surface area contributed by atoms with Gasteiger partial charge in [0, 0.05) is 25.2 Å². The fourth-order valence-corrected chi connectivity index (χ4v) is 4.12.